The number of aromatic nitrogens is 1. The van der Waals surface area contributed by atoms with Gasteiger partial charge in [-0.15, -0.1) is 0 Å². The van der Waals surface area contributed by atoms with Crippen LogP contribution in [0, 0.1) is 0 Å². The van der Waals surface area contributed by atoms with Gasteiger partial charge in [-0.2, -0.15) is 11.3 Å². The minimum Gasteiger partial charge on any atom is -0.384 e. The lowest BCUT2D eigenvalue weighted by Crippen LogP contribution is -2.30. The Kier molecular flexibility index (Phi) is 5.51. The van der Waals surface area contributed by atoms with Gasteiger partial charge in [0.25, 0.3) is 5.91 Å². The number of anilines is 1. The minimum absolute atomic E-state index is 0.119. The Hall–Kier alpha value is -1.92. The van der Waals surface area contributed by atoms with E-state index in [0.717, 1.165) is 12.0 Å². The number of nitrogens with zero attached hydrogens (tertiary/aromatic N) is 1. The van der Waals surface area contributed by atoms with Crippen LogP contribution in [-0.4, -0.2) is 29.1 Å². The Morgan fingerprint density at radius 1 is 1.41 bits per heavy atom. The zero-order valence-electron chi connectivity index (χ0n) is 12.8. The minimum atomic E-state index is -0.959. The molecule has 22 heavy (non-hydrogen) atoms. The first-order valence-corrected chi connectivity index (χ1v) is 8.20. The average Bonchev–Trinajstić information content (AvgIpc) is 3.06. The number of carbonyl (C=O) groups excluding carboxylic acids is 1. The summed E-state index contributed by atoms with van der Waals surface area (Å²) in [4.78, 5) is 16.0. The first kappa shape index (κ1) is 16.5. The van der Waals surface area contributed by atoms with Crippen LogP contribution in [0.2, 0.25) is 0 Å². The summed E-state index contributed by atoms with van der Waals surface area (Å²) in [6.45, 7) is 4.76. The van der Waals surface area contributed by atoms with E-state index in [1.807, 2.05) is 23.8 Å². The molecule has 2 aromatic heterocycles. The molecule has 0 radical (unpaired) electrons. The summed E-state index contributed by atoms with van der Waals surface area (Å²) in [6.07, 6.45) is 2.43. The quantitative estimate of drug-likeness (QED) is 0.733. The van der Waals surface area contributed by atoms with Crippen molar-refractivity contribution in [1.82, 2.24) is 10.3 Å². The van der Waals surface area contributed by atoms with Gasteiger partial charge in [-0.3, -0.25) is 4.79 Å². The third kappa shape index (κ3) is 4.29. The van der Waals surface area contributed by atoms with E-state index >= 15 is 0 Å². The van der Waals surface area contributed by atoms with Gasteiger partial charge in [0.15, 0.2) is 0 Å². The molecule has 6 heteroatoms. The van der Waals surface area contributed by atoms with Crippen LogP contribution in [0.4, 0.5) is 5.82 Å². The molecule has 0 aliphatic heterocycles. The van der Waals surface area contributed by atoms with Crippen molar-refractivity contribution in [2.24, 2.45) is 0 Å². The van der Waals surface area contributed by atoms with Gasteiger partial charge < -0.3 is 15.7 Å². The van der Waals surface area contributed by atoms with Crippen molar-refractivity contribution in [2.75, 3.05) is 18.4 Å². The van der Waals surface area contributed by atoms with Crippen LogP contribution in [-0.2, 0) is 5.60 Å². The van der Waals surface area contributed by atoms with Crippen LogP contribution in [0.15, 0.2) is 35.2 Å². The maximum absolute atomic E-state index is 11.8. The average molecular weight is 319 g/mol. The topological polar surface area (TPSA) is 74.2 Å². The molecule has 0 saturated carbocycles. The van der Waals surface area contributed by atoms with Crippen LogP contribution in [0.25, 0.3) is 0 Å². The van der Waals surface area contributed by atoms with Crippen LogP contribution >= 0.6 is 11.3 Å². The number of rotatable bonds is 7. The Balaban J connectivity index is 1.93. The van der Waals surface area contributed by atoms with Crippen LogP contribution in [0.1, 0.15) is 36.2 Å². The predicted molar refractivity (Wildman–Crippen MR) is 89.2 cm³/mol. The van der Waals surface area contributed by atoms with Crippen molar-refractivity contribution < 1.29 is 9.90 Å². The fourth-order valence-electron chi connectivity index (χ4n) is 1.91. The molecule has 2 heterocycles. The Bertz CT molecular complexity index is 594. The molecular weight excluding hydrogens is 298 g/mol. The molecule has 5 nitrogen and oxygen atoms in total. The normalized spacial score (nSPS) is 13.4. The number of amides is 1. The zero-order chi connectivity index (χ0) is 16.0. The summed E-state index contributed by atoms with van der Waals surface area (Å²) >= 11 is 1.55. The van der Waals surface area contributed by atoms with Gasteiger partial charge in [0.05, 0.1) is 5.56 Å². The highest BCUT2D eigenvalue weighted by Gasteiger charge is 2.23. The highest BCUT2D eigenvalue weighted by Crippen LogP contribution is 2.23. The van der Waals surface area contributed by atoms with E-state index in [4.69, 9.17) is 0 Å². The maximum atomic E-state index is 11.8. The smallest absolute Gasteiger partial charge is 0.252 e. The standard InChI is InChI=1S/C16H21N3O2S/c1-3-7-17-15(20)12-4-5-14(18-9-12)19-11-16(2,21)13-6-8-22-10-13/h4-6,8-10,21H,3,7,11H2,1-2H3,(H,17,20)(H,18,19). The first-order valence-electron chi connectivity index (χ1n) is 7.26. The third-order valence-corrected chi connectivity index (χ3v) is 4.00. The van der Waals surface area contributed by atoms with Gasteiger partial charge in [0.1, 0.15) is 11.4 Å². The molecule has 1 atom stereocenters. The van der Waals surface area contributed by atoms with E-state index in [2.05, 4.69) is 15.6 Å². The summed E-state index contributed by atoms with van der Waals surface area (Å²) in [6, 6.07) is 5.37. The predicted octanol–water partition coefficient (Wildman–Crippen LogP) is 2.60. The second kappa shape index (κ2) is 7.38. The van der Waals surface area contributed by atoms with E-state index in [-0.39, 0.29) is 5.91 Å². The largest absolute Gasteiger partial charge is 0.384 e. The van der Waals surface area contributed by atoms with E-state index in [0.29, 0.717) is 24.5 Å². The Morgan fingerprint density at radius 2 is 2.23 bits per heavy atom. The Labute approximate surface area is 134 Å². The number of carbonyl (C=O) groups is 1. The fraction of sp³-hybridized carbons (Fsp3) is 0.375. The molecule has 1 unspecified atom stereocenters. The van der Waals surface area contributed by atoms with Crippen molar-refractivity contribution in [3.05, 3.63) is 46.3 Å². The summed E-state index contributed by atoms with van der Waals surface area (Å²) < 4.78 is 0. The molecule has 0 bridgehead atoms. The summed E-state index contributed by atoms with van der Waals surface area (Å²) in [5, 5.41) is 20.2. The van der Waals surface area contributed by atoms with Crippen molar-refractivity contribution in [3.63, 3.8) is 0 Å². The molecule has 3 N–H and O–H groups in total. The maximum Gasteiger partial charge on any atom is 0.252 e. The number of hydrogen-bond donors (Lipinski definition) is 3. The lowest BCUT2D eigenvalue weighted by molar-refractivity contribution is 0.0719. The molecule has 0 fully saturated rings. The highest BCUT2D eigenvalue weighted by atomic mass is 32.1. The van der Waals surface area contributed by atoms with E-state index in [1.165, 1.54) is 6.20 Å². The molecule has 0 aromatic carbocycles. The molecule has 118 valence electrons. The van der Waals surface area contributed by atoms with Crippen LogP contribution in [0.5, 0.6) is 0 Å². The van der Waals surface area contributed by atoms with E-state index in [9.17, 15) is 9.90 Å². The summed E-state index contributed by atoms with van der Waals surface area (Å²) in [7, 11) is 0. The van der Waals surface area contributed by atoms with Crippen molar-refractivity contribution >= 4 is 23.1 Å². The van der Waals surface area contributed by atoms with E-state index in [1.54, 1.807) is 30.4 Å². The number of thiophene rings is 1. The lowest BCUT2D eigenvalue weighted by atomic mass is 9.99. The monoisotopic (exact) mass is 319 g/mol. The summed E-state index contributed by atoms with van der Waals surface area (Å²) in [5.74, 6) is 0.508. The van der Waals surface area contributed by atoms with Gasteiger partial charge in [-0.25, -0.2) is 4.98 Å². The number of nitrogens with one attached hydrogen (secondary N) is 2. The lowest BCUT2D eigenvalue weighted by Gasteiger charge is -2.23. The highest BCUT2D eigenvalue weighted by molar-refractivity contribution is 7.08. The second-order valence-corrected chi connectivity index (χ2v) is 6.11. The summed E-state index contributed by atoms with van der Waals surface area (Å²) in [5.41, 5.74) is 0.447. The molecule has 1 amide bonds. The van der Waals surface area contributed by atoms with Gasteiger partial charge in [0.2, 0.25) is 0 Å². The molecular formula is C16H21N3O2S. The second-order valence-electron chi connectivity index (χ2n) is 5.33. The molecule has 0 aliphatic carbocycles. The van der Waals surface area contributed by atoms with Gasteiger partial charge in [0, 0.05) is 19.3 Å². The van der Waals surface area contributed by atoms with E-state index < -0.39 is 5.60 Å². The number of aliphatic hydroxyl groups is 1. The third-order valence-electron chi connectivity index (χ3n) is 3.32. The van der Waals surface area contributed by atoms with Gasteiger partial charge in [-0.1, -0.05) is 6.92 Å². The molecule has 0 spiro atoms. The molecule has 2 rings (SSSR count). The fourth-order valence-corrected chi connectivity index (χ4v) is 2.69. The zero-order valence-corrected chi connectivity index (χ0v) is 13.6. The number of pyridine rings is 1. The van der Waals surface area contributed by atoms with Crippen molar-refractivity contribution in [2.45, 2.75) is 25.9 Å². The van der Waals surface area contributed by atoms with Crippen molar-refractivity contribution in [1.29, 1.82) is 0 Å². The molecule has 0 saturated heterocycles. The molecule has 0 aliphatic rings. The van der Waals surface area contributed by atoms with Crippen molar-refractivity contribution in [3.8, 4) is 0 Å². The van der Waals surface area contributed by atoms with Gasteiger partial charge in [-0.05, 0) is 47.9 Å². The SMILES string of the molecule is CCCNC(=O)c1ccc(NCC(C)(O)c2ccsc2)nc1. The molecule has 2 aromatic rings. The van der Waals surface area contributed by atoms with Crippen LogP contribution in [0.3, 0.4) is 0 Å². The Morgan fingerprint density at radius 3 is 2.82 bits per heavy atom. The van der Waals surface area contributed by atoms with Gasteiger partial charge >= 0.3 is 0 Å². The first-order chi connectivity index (χ1) is 10.5. The van der Waals surface area contributed by atoms with Crippen LogP contribution < -0.4 is 10.6 Å². The number of hydrogen-bond acceptors (Lipinski definition) is 5.